The zero-order chi connectivity index (χ0) is 24.8. The van der Waals surface area contributed by atoms with Crippen LogP contribution in [0, 0.1) is 21.4 Å². The van der Waals surface area contributed by atoms with E-state index in [1.165, 1.54) is 18.2 Å². The van der Waals surface area contributed by atoms with Crippen LogP contribution in [-0.2, 0) is 11.4 Å². The van der Waals surface area contributed by atoms with Crippen molar-refractivity contribution in [1.82, 2.24) is 0 Å². The van der Waals surface area contributed by atoms with Gasteiger partial charge < -0.3 is 10.1 Å². The molecule has 0 fully saturated rings. The summed E-state index contributed by atoms with van der Waals surface area (Å²) in [5.74, 6) is -0.0989. The van der Waals surface area contributed by atoms with Crippen molar-refractivity contribution >= 4 is 45.7 Å². The van der Waals surface area contributed by atoms with E-state index in [4.69, 9.17) is 16.3 Å². The van der Waals surface area contributed by atoms with E-state index < -0.39 is 10.8 Å². The third-order valence-corrected chi connectivity index (χ3v) is 5.48. The average Bonchev–Trinajstić information content (AvgIpc) is 2.87. The Morgan fingerprint density at radius 2 is 1.74 bits per heavy atom. The second-order valence-electron chi connectivity index (χ2n) is 7.54. The Balaban J connectivity index is 1.66. The number of ether oxygens (including phenoxy) is 1. The van der Waals surface area contributed by atoms with Gasteiger partial charge in [-0.15, -0.1) is 0 Å². The molecule has 0 aliphatic carbocycles. The quantitative estimate of drug-likeness (QED) is 0.139. The molecule has 4 rings (SSSR count). The molecule has 35 heavy (non-hydrogen) atoms. The molecular weight excluding hydrogens is 466 g/mol. The van der Waals surface area contributed by atoms with Gasteiger partial charge in [-0.1, -0.05) is 41.9 Å². The highest BCUT2D eigenvalue weighted by molar-refractivity contribution is 6.30. The number of carbonyl (C=O) groups excluding carboxylic acids is 1. The van der Waals surface area contributed by atoms with Crippen molar-refractivity contribution in [3.05, 3.63) is 117 Å². The summed E-state index contributed by atoms with van der Waals surface area (Å²) in [6.45, 7) is 0.149. The van der Waals surface area contributed by atoms with Gasteiger partial charge in [0, 0.05) is 28.4 Å². The van der Waals surface area contributed by atoms with Crippen LogP contribution in [0.2, 0.25) is 5.02 Å². The number of amides is 1. The summed E-state index contributed by atoms with van der Waals surface area (Å²) in [4.78, 5) is 23.2. The molecule has 0 radical (unpaired) electrons. The van der Waals surface area contributed by atoms with Crippen molar-refractivity contribution in [2.45, 2.75) is 6.61 Å². The van der Waals surface area contributed by atoms with Gasteiger partial charge in [0.2, 0.25) is 0 Å². The maximum atomic E-state index is 12.8. The van der Waals surface area contributed by atoms with Gasteiger partial charge in [0.05, 0.1) is 4.92 Å². The molecule has 0 saturated heterocycles. The highest BCUT2D eigenvalue weighted by Gasteiger charge is 2.14. The Morgan fingerprint density at radius 3 is 2.43 bits per heavy atom. The smallest absolute Gasteiger partial charge is 0.269 e. The van der Waals surface area contributed by atoms with Gasteiger partial charge >= 0.3 is 0 Å². The van der Waals surface area contributed by atoms with Crippen molar-refractivity contribution in [3.8, 4) is 11.8 Å². The molecule has 0 unspecified atom stereocenters. The lowest BCUT2D eigenvalue weighted by atomic mass is 10.0. The average molecular weight is 484 g/mol. The first-order valence-corrected chi connectivity index (χ1v) is 10.9. The van der Waals surface area contributed by atoms with Gasteiger partial charge in [-0.05, 0) is 64.9 Å². The molecule has 1 N–H and O–H groups in total. The number of fused-ring (bicyclic) bond motifs is 1. The number of hydrogen-bond acceptors (Lipinski definition) is 5. The normalized spacial score (nSPS) is 11.0. The van der Waals surface area contributed by atoms with E-state index in [0.29, 0.717) is 22.0 Å². The molecule has 0 saturated carbocycles. The lowest BCUT2D eigenvalue weighted by molar-refractivity contribution is -0.384. The van der Waals surface area contributed by atoms with Crippen molar-refractivity contribution < 1.29 is 14.5 Å². The number of non-ortho nitro benzene ring substituents is 1. The Bertz CT molecular complexity index is 1470. The summed E-state index contributed by atoms with van der Waals surface area (Å²) in [5.41, 5.74) is 1.71. The third kappa shape index (κ3) is 5.64. The summed E-state index contributed by atoms with van der Waals surface area (Å²) in [5, 5.41) is 25.6. The topological polar surface area (TPSA) is 105 Å². The minimum atomic E-state index is -0.566. The van der Waals surface area contributed by atoms with Crippen molar-refractivity contribution in [3.63, 3.8) is 0 Å². The largest absolute Gasteiger partial charge is 0.488 e. The molecule has 0 aromatic heterocycles. The fourth-order valence-electron chi connectivity index (χ4n) is 3.45. The van der Waals surface area contributed by atoms with E-state index in [1.54, 1.807) is 42.5 Å². The molecular formula is C27H18ClN3O4. The molecule has 172 valence electrons. The van der Waals surface area contributed by atoms with E-state index in [0.717, 1.165) is 16.3 Å². The molecule has 0 heterocycles. The number of carbonyl (C=O) groups is 1. The van der Waals surface area contributed by atoms with Crippen molar-refractivity contribution in [1.29, 1.82) is 5.26 Å². The molecule has 4 aromatic carbocycles. The molecule has 0 spiro atoms. The van der Waals surface area contributed by atoms with Crippen LogP contribution in [-0.4, -0.2) is 10.8 Å². The predicted molar refractivity (Wildman–Crippen MR) is 135 cm³/mol. The lowest BCUT2D eigenvalue weighted by Crippen LogP contribution is -2.13. The summed E-state index contributed by atoms with van der Waals surface area (Å²) >= 11 is 5.89. The molecule has 8 heteroatoms. The summed E-state index contributed by atoms with van der Waals surface area (Å²) in [6.07, 6.45) is 1.50. The minimum Gasteiger partial charge on any atom is -0.488 e. The number of rotatable bonds is 7. The summed E-state index contributed by atoms with van der Waals surface area (Å²) < 4.78 is 6.02. The fraction of sp³-hybridized carbons (Fsp3) is 0.0370. The maximum Gasteiger partial charge on any atom is 0.269 e. The molecule has 0 atom stereocenters. The van der Waals surface area contributed by atoms with Gasteiger partial charge in [-0.2, -0.15) is 5.26 Å². The summed E-state index contributed by atoms with van der Waals surface area (Å²) in [6, 6.07) is 25.8. The zero-order valence-electron chi connectivity index (χ0n) is 18.3. The number of nitro benzene ring substituents is 1. The lowest BCUT2D eigenvalue weighted by Gasteiger charge is -2.13. The van der Waals surface area contributed by atoms with Crippen LogP contribution in [0.25, 0.3) is 16.8 Å². The monoisotopic (exact) mass is 483 g/mol. The third-order valence-electron chi connectivity index (χ3n) is 5.23. The standard InChI is InChI=1S/C27H18ClN3O4/c28-21-8-10-22(11-9-21)30-27(32)20(16-29)15-25-24-4-2-1-3-19(24)7-14-26(25)35-17-18-5-12-23(13-6-18)31(33)34/h1-15H,17H2,(H,30,32)/b20-15-. The van der Waals surface area contributed by atoms with Gasteiger partial charge in [0.25, 0.3) is 11.6 Å². The Morgan fingerprint density at radius 1 is 1.03 bits per heavy atom. The predicted octanol–water partition coefficient (Wildman–Crippen LogP) is 6.53. The first-order chi connectivity index (χ1) is 16.9. The van der Waals surface area contributed by atoms with Crippen LogP contribution in [0.4, 0.5) is 11.4 Å². The van der Waals surface area contributed by atoms with Crippen LogP contribution in [0.5, 0.6) is 5.75 Å². The number of anilines is 1. The highest BCUT2D eigenvalue weighted by atomic mass is 35.5. The van der Waals surface area contributed by atoms with Gasteiger partial charge in [0.1, 0.15) is 24.0 Å². The summed E-state index contributed by atoms with van der Waals surface area (Å²) in [7, 11) is 0. The van der Waals surface area contributed by atoms with Crippen LogP contribution >= 0.6 is 11.6 Å². The fourth-order valence-corrected chi connectivity index (χ4v) is 3.58. The Labute approximate surface area is 206 Å². The molecule has 1 amide bonds. The van der Waals surface area contributed by atoms with E-state index in [9.17, 15) is 20.2 Å². The van der Waals surface area contributed by atoms with Crippen LogP contribution < -0.4 is 10.1 Å². The van der Waals surface area contributed by atoms with E-state index in [-0.39, 0.29) is 17.9 Å². The number of halogens is 1. The number of hydrogen-bond donors (Lipinski definition) is 1. The van der Waals surface area contributed by atoms with Gasteiger partial charge in [0.15, 0.2) is 0 Å². The van der Waals surface area contributed by atoms with E-state index >= 15 is 0 Å². The first kappa shape index (κ1) is 23.5. The van der Waals surface area contributed by atoms with Crippen molar-refractivity contribution in [2.75, 3.05) is 5.32 Å². The van der Waals surface area contributed by atoms with Gasteiger partial charge in [-0.3, -0.25) is 14.9 Å². The molecule has 4 aromatic rings. The Hall–Kier alpha value is -4.67. The molecule has 7 nitrogen and oxygen atoms in total. The molecule has 0 aliphatic rings. The highest BCUT2D eigenvalue weighted by Crippen LogP contribution is 2.31. The Kier molecular flexibility index (Phi) is 7.05. The number of nitro groups is 1. The number of benzene rings is 4. The van der Waals surface area contributed by atoms with Crippen LogP contribution in [0.15, 0.2) is 90.5 Å². The zero-order valence-corrected chi connectivity index (χ0v) is 19.0. The van der Waals surface area contributed by atoms with Crippen LogP contribution in [0.1, 0.15) is 11.1 Å². The first-order valence-electron chi connectivity index (χ1n) is 10.5. The molecule has 0 aliphatic heterocycles. The van der Waals surface area contributed by atoms with Crippen molar-refractivity contribution in [2.24, 2.45) is 0 Å². The minimum absolute atomic E-state index is 0.00607. The number of nitrogens with zero attached hydrogens (tertiary/aromatic N) is 2. The second-order valence-corrected chi connectivity index (χ2v) is 7.98. The number of nitriles is 1. The maximum absolute atomic E-state index is 12.8. The van der Waals surface area contributed by atoms with Crippen LogP contribution in [0.3, 0.4) is 0 Å². The van der Waals surface area contributed by atoms with E-state index in [2.05, 4.69) is 5.32 Å². The molecule has 0 bridgehead atoms. The SMILES string of the molecule is N#C/C(=C/c1c(OCc2ccc([N+](=O)[O-])cc2)ccc2ccccc12)C(=O)Nc1ccc(Cl)cc1. The van der Waals surface area contributed by atoms with Gasteiger partial charge in [-0.25, -0.2) is 0 Å². The second kappa shape index (κ2) is 10.5. The number of nitrogens with one attached hydrogen (secondary N) is 1. The van der Waals surface area contributed by atoms with E-state index in [1.807, 2.05) is 36.4 Å².